The second-order valence-electron chi connectivity index (χ2n) is 7.08. The molecule has 0 atom stereocenters. The van der Waals surface area contributed by atoms with Crippen LogP contribution in [0.2, 0.25) is 0 Å². The lowest BCUT2D eigenvalue weighted by Gasteiger charge is -2.35. The number of carbonyl (C=O) groups excluding carboxylic acids is 1. The fourth-order valence-corrected chi connectivity index (χ4v) is 3.34. The van der Waals surface area contributed by atoms with E-state index in [2.05, 4.69) is 25.2 Å². The molecular weight excluding hydrogens is 392 g/mol. The van der Waals surface area contributed by atoms with Crippen molar-refractivity contribution in [3.8, 4) is 5.82 Å². The predicted molar refractivity (Wildman–Crippen MR) is 108 cm³/mol. The smallest absolute Gasteiger partial charge is 0.321 e. The van der Waals surface area contributed by atoms with Crippen LogP contribution in [0.3, 0.4) is 0 Å². The number of nitrogens with zero attached hydrogens (tertiary/aromatic N) is 6. The maximum absolute atomic E-state index is 13.3. The van der Waals surface area contributed by atoms with Gasteiger partial charge in [0.15, 0.2) is 0 Å². The van der Waals surface area contributed by atoms with E-state index in [1.807, 2.05) is 24.5 Å². The molecule has 1 N–H and O–H groups in total. The molecule has 2 aromatic heterocycles. The van der Waals surface area contributed by atoms with Gasteiger partial charge >= 0.3 is 6.03 Å². The number of nitrogens with one attached hydrogen (secondary N) is 1. The molecule has 3 heterocycles. The minimum atomic E-state index is -0.738. The first-order valence-corrected chi connectivity index (χ1v) is 9.50. The average molecular weight is 413 g/mol. The molecule has 156 valence electrons. The summed E-state index contributed by atoms with van der Waals surface area (Å²) in [7, 11) is 0. The van der Waals surface area contributed by atoms with Crippen molar-refractivity contribution < 1.29 is 13.6 Å². The zero-order valence-electron chi connectivity index (χ0n) is 16.6. The predicted octanol–water partition coefficient (Wildman–Crippen LogP) is 2.91. The molecule has 30 heavy (non-hydrogen) atoms. The Kier molecular flexibility index (Phi) is 5.30. The number of aromatic nitrogens is 4. The van der Waals surface area contributed by atoms with Gasteiger partial charge in [-0.25, -0.2) is 28.5 Å². The molecule has 1 aliphatic heterocycles. The summed E-state index contributed by atoms with van der Waals surface area (Å²) >= 11 is 0. The van der Waals surface area contributed by atoms with E-state index < -0.39 is 17.7 Å². The van der Waals surface area contributed by atoms with Gasteiger partial charge < -0.3 is 15.1 Å². The maximum atomic E-state index is 13.3. The van der Waals surface area contributed by atoms with Crippen molar-refractivity contribution in [1.29, 1.82) is 0 Å². The van der Waals surface area contributed by atoms with Crippen molar-refractivity contribution in [2.24, 2.45) is 0 Å². The minimum absolute atomic E-state index is 0.0892. The van der Waals surface area contributed by atoms with E-state index in [0.717, 1.165) is 41.2 Å². The Balaban J connectivity index is 1.40. The van der Waals surface area contributed by atoms with E-state index in [4.69, 9.17) is 0 Å². The normalized spacial score (nSPS) is 14.1. The van der Waals surface area contributed by atoms with E-state index in [1.54, 1.807) is 11.2 Å². The lowest BCUT2D eigenvalue weighted by atomic mass is 10.3. The number of carbonyl (C=O) groups is 1. The van der Waals surface area contributed by atoms with Crippen LogP contribution in [0.5, 0.6) is 0 Å². The van der Waals surface area contributed by atoms with Gasteiger partial charge in [-0.1, -0.05) is 0 Å². The average Bonchev–Trinajstić information content (AvgIpc) is 3.06. The molecule has 2 amide bonds. The Bertz CT molecular complexity index is 1060. The highest BCUT2D eigenvalue weighted by Crippen LogP contribution is 2.19. The third-order valence-corrected chi connectivity index (χ3v) is 5.14. The molecule has 0 aliphatic carbocycles. The molecule has 8 nitrogen and oxygen atoms in total. The third-order valence-electron chi connectivity index (χ3n) is 5.14. The number of amides is 2. The standard InChI is InChI=1S/C20H21F2N7O/c1-13-14(2)29(12-25-13)19-10-18(23-11-24-19)27-3-5-28(6-4-27)20(30)26-17-8-15(21)7-16(22)9-17/h7-12H,3-6H2,1-2H3,(H,26,30). The minimum Gasteiger partial charge on any atom is -0.353 e. The molecule has 0 spiro atoms. The van der Waals surface area contributed by atoms with Crippen LogP contribution in [0.1, 0.15) is 11.4 Å². The quantitative estimate of drug-likeness (QED) is 0.714. The van der Waals surface area contributed by atoms with Gasteiger partial charge in [-0.3, -0.25) is 4.57 Å². The summed E-state index contributed by atoms with van der Waals surface area (Å²) in [6.45, 7) is 5.97. The number of urea groups is 1. The van der Waals surface area contributed by atoms with E-state index in [0.29, 0.717) is 26.2 Å². The van der Waals surface area contributed by atoms with Gasteiger partial charge in [0.05, 0.1) is 5.69 Å². The van der Waals surface area contributed by atoms with Crippen LogP contribution in [0.25, 0.3) is 5.82 Å². The van der Waals surface area contributed by atoms with Gasteiger partial charge in [0, 0.05) is 49.7 Å². The van der Waals surface area contributed by atoms with Gasteiger partial charge in [-0.15, -0.1) is 0 Å². The van der Waals surface area contributed by atoms with Crippen LogP contribution in [0.4, 0.5) is 25.1 Å². The SMILES string of the molecule is Cc1ncn(-c2cc(N3CCN(C(=O)Nc4cc(F)cc(F)c4)CC3)ncn2)c1C. The Morgan fingerprint density at radius 1 is 0.933 bits per heavy atom. The summed E-state index contributed by atoms with van der Waals surface area (Å²) in [6.07, 6.45) is 3.24. The van der Waals surface area contributed by atoms with E-state index >= 15 is 0 Å². The number of piperazine rings is 1. The number of hydrogen-bond donors (Lipinski definition) is 1. The molecule has 0 unspecified atom stereocenters. The first-order valence-electron chi connectivity index (χ1n) is 9.50. The largest absolute Gasteiger partial charge is 0.353 e. The van der Waals surface area contributed by atoms with E-state index in [-0.39, 0.29) is 5.69 Å². The molecule has 3 aromatic rings. The van der Waals surface area contributed by atoms with Crippen molar-refractivity contribution >= 4 is 17.5 Å². The van der Waals surface area contributed by atoms with Crippen LogP contribution in [-0.4, -0.2) is 56.6 Å². The van der Waals surface area contributed by atoms with Crippen molar-refractivity contribution in [3.63, 3.8) is 0 Å². The lowest BCUT2D eigenvalue weighted by Crippen LogP contribution is -2.50. The fraction of sp³-hybridized carbons (Fsp3) is 0.300. The summed E-state index contributed by atoms with van der Waals surface area (Å²) in [5.74, 6) is 0.0143. The summed E-state index contributed by atoms with van der Waals surface area (Å²) in [5.41, 5.74) is 2.04. The van der Waals surface area contributed by atoms with E-state index in [1.165, 1.54) is 6.33 Å². The van der Waals surface area contributed by atoms with Crippen LogP contribution >= 0.6 is 0 Å². The monoisotopic (exact) mass is 413 g/mol. The van der Waals surface area contributed by atoms with Gasteiger partial charge in [0.1, 0.15) is 35.9 Å². The van der Waals surface area contributed by atoms with E-state index in [9.17, 15) is 13.6 Å². The van der Waals surface area contributed by atoms with Crippen molar-refractivity contribution in [2.45, 2.75) is 13.8 Å². The fourth-order valence-electron chi connectivity index (χ4n) is 3.34. The number of benzene rings is 1. The highest BCUT2D eigenvalue weighted by Gasteiger charge is 2.23. The number of rotatable bonds is 3. The molecular formula is C20H21F2N7O. The molecule has 1 saturated heterocycles. The van der Waals surface area contributed by atoms with Gasteiger partial charge in [0.25, 0.3) is 0 Å². The molecule has 10 heteroatoms. The van der Waals surface area contributed by atoms with Crippen molar-refractivity contribution in [1.82, 2.24) is 24.4 Å². The maximum Gasteiger partial charge on any atom is 0.321 e. The zero-order valence-corrected chi connectivity index (χ0v) is 16.6. The molecule has 4 rings (SSSR count). The van der Waals surface area contributed by atoms with Gasteiger partial charge in [0.2, 0.25) is 0 Å². The molecule has 0 radical (unpaired) electrons. The van der Waals surface area contributed by atoms with Crippen LogP contribution in [0, 0.1) is 25.5 Å². The van der Waals surface area contributed by atoms with Gasteiger partial charge in [-0.05, 0) is 26.0 Å². The molecule has 1 fully saturated rings. The topological polar surface area (TPSA) is 79.2 Å². The summed E-state index contributed by atoms with van der Waals surface area (Å²) in [6, 6.07) is 4.42. The molecule has 1 aliphatic rings. The Morgan fingerprint density at radius 2 is 1.60 bits per heavy atom. The number of imidazole rings is 1. The lowest BCUT2D eigenvalue weighted by molar-refractivity contribution is 0.208. The summed E-state index contributed by atoms with van der Waals surface area (Å²) in [4.78, 5) is 29.1. The zero-order chi connectivity index (χ0) is 21.3. The number of anilines is 2. The third kappa shape index (κ3) is 4.07. The molecule has 0 saturated carbocycles. The van der Waals surface area contributed by atoms with Crippen molar-refractivity contribution in [2.75, 3.05) is 36.4 Å². The van der Waals surface area contributed by atoms with Crippen LogP contribution in [-0.2, 0) is 0 Å². The van der Waals surface area contributed by atoms with Crippen LogP contribution in [0.15, 0.2) is 36.9 Å². The molecule has 0 bridgehead atoms. The Labute approximate surface area is 172 Å². The van der Waals surface area contributed by atoms with Crippen LogP contribution < -0.4 is 10.2 Å². The highest BCUT2D eigenvalue weighted by atomic mass is 19.1. The molecule has 1 aromatic carbocycles. The summed E-state index contributed by atoms with van der Waals surface area (Å²) < 4.78 is 28.5. The number of hydrogen-bond acceptors (Lipinski definition) is 5. The first kappa shape index (κ1) is 19.7. The summed E-state index contributed by atoms with van der Waals surface area (Å²) in [5, 5.41) is 2.54. The van der Waals surface area contributed by atoms with Crippen molar-refractivity contribution in [3.05, 3.63) is 59.9 Å². The Hall–Kier alpha value is -3.56. The second kappa shape index (κ2) is 8.05. The highest BCUT2D eigenvalue weighted by molar-refractivity contribution is 5.89. The number of halogens is 2. The van der Waals surface area contributed by atoms with Gasteiger partial charge in [-0.2, -0.15) is 0 Å². The second-order valence-corrected chi connectivity index (χ2v) is 7.08. The first-order chi connectivity index (χ1) is 14.4. The Morgan fingerprint density at radius 3 is 2.23 bits per heavy atom. The number of aryl methyl sites for hydroxylation is 1.